The highest BCUT2D eigenvalue weighted by Gasteiger charge is 2.15. The van der Waals surface area contributed by atoms with E-state index in [1.54, 1.807) is 6.20 Å². The number of hydrogen-bond donors (Lipinski definition) is 1. The van der Waals surface area contributed by atoms with Crippen LogP contribution in [0.15, 0.2) is 65.8 Å². The molecule has 0 amide bonds. The van der Waals surface area contributed by atoms with Crippen molar-refractivity contribution in [3.8, 4) is 0 Å². The second-order valence-corrected chi connectivity index (χ2v) is 4.48. The van der Waals surface area contributed by atoms with E-state index >= 15 is 0 Å². The number of anilines is 1. The van der Waals surface area contributed by atoms with Crippen LogP contribution in [-0.2, 0) is 0 Å². The molecule has 3 nitrogen and oxygen atoms in total. The molecule has 0 saturated heterocycles. The number of amidine groups is 1. The minimum atomic E-state index is 0.798. The van der Waals surface area contributed by atoms with E-state index in [1.165, 1.54) is 10.8 Å². The van der Waals surface area contributed by atoms with Crippen molar-refractivity contribution < 1.29 is 0 Å². The summed E-state index contributed by atoms with van der Waals surface area (Å²) in [7, 11) is 0. The first-order valence-electron chi connectivity index (χ1n) is 6.21. The van der Waals surface area contributed by atoms with Crippen molar-refractivity contribution in [2.45, 2.75) is 0 Å². The molecule has 19 heavy (non-hydrogen) atoms. The number of nitrogens with zero attached hydrogens (tertiary/aromatic N) is 2. The van der Waals surface area contributed by atoms with E-state index in [0.29, 0.717) is 0 Å². The Morgan fingerprint density at radius 1 is 0.842 bits per heavy atom. The average molecular weight is 245 g/mol. The van der Waals surface area contributed by atoms with Gasteiger partial charge >= 0.3 is 0 Å². The van der Waals surface area contributed by atoms with Gasteiger partial charge in [-0.25, -0.2) is 4.99 Å². The Morgan fingerprint density at radius 2 is 1.74 bits per heavy atom. The minimum absolute atomic E-state index is 0.798. The summed E-state index contributed by atoms with van der Waals surface area (Å²) in [5.74, 6) is 0.798. The molecule has 0 atom stereocenters. The van der Waals surface area contributed by atoms with Gasteiger partial charge in [0.25, 0.3) is 0 Å². The number of nitrogens with one attached hydrogen (secondary N) is 1. The Labute approximate surface area is 110 Å². The van der Waals surface area contributed by atoms with E-state index in [4.69, 9.17) is 0 Å². The van der Waals surface area contributed by atoms with Crippen molar-refractivity contribution in [2.75, 3.05) is 5.32 Å². The fourth-order valence-electron chi connectivity index (χ4n) is 2.42. The topological polar surface area (TPSA) is 37.3 Å². The molecule has 4 rings (SSSR count). The lowest BCUT2D eigenvalue weighted by Gasteiger charge is -2.18. The summed E-state index contributed by atoms with van der Waals surface area (Å²) in [5, 5.41) is 5.74. The predicted molar refractivity (Wildman–Crippen MR) is 78.0 cm³/mol. The summed E-state index contributed by atoms with van der Waals surface area (Å²) in [6, 6.07) is 18.2. The maximum Gasteiger partial charge on any atom is 0.157 e. The van der Waals surface area contributed by atoms with Gasteiger partial charge in [0.15, 0.2) is 5.84 Å². The zero-order chi connectivity index (χ0) is 12.7. The largest absolute Gasteiger partial charge is 0.338 e. The van der Waals surface area contributed by atoms with Gasteiger partial charge in [-0.1, -0.05) is 30.3 Å². The molecule has 1 aromatic heterocycles. The van der Waals surface area contributed by atoms with Crippen LogP contribution in [-0.4, -0.2) is 10.8 Å². The number of pyridine rings is 1. The molecule has 0 spiro atoms. The fourth-order valence-corrected chi connectivity index (χ4v) is 2.42. The summed E-state index contributed by atoms with van der Waals surface area (Å²) in [5.41, 5.74) is 2.94. The van der Waals surface area contributed by atoms with Gasteiger partial charge in [0, 0.05) is 17.3 Å². The number of aromatic nitrogens is 1. The van der Waals surface area contributed by atoms with E-state index in [0.717, 1.165) is 22.9 Å². The SMILES string of the molecule is c1ccc(C2=Nc3cccc4cccc(c34)N2)nc1. The summed E-state index contributed by atoms with van der Waals surface area (Å²) in [6.07, 6.45) is 1.78. The molecule has 1 aliphatic rings. The normalized spacial score (nSPS) is 12.9. The van der Waals surface area contributed by atoms with E-state index in [2.05, 4.69) is 39.6 Å². The Balaban J connectivity index is 1.96. The van der Waals surface area contributed by atoms with Crippen LogP contribution in [0.1, 0.15) is 5.69 Å². The third-order valence-electron chi connectivity index (χ3n) is 3.28. The van der Waals surface area contributed by atoms with Gasteiger partial charge in [-0.2, -0.15) is 0 Å². The van der Waals surface area contributed by atoms with E-state index in [9.17, 15) is 0 Å². The fraction of sp³-hybridized carbons (Fsp3) is 0. The van der Waals surface area contributed by atoms with Crippen LogP contribution in [0.3, 0.4) is 0 Å². The van der Waals surface area contributed by atoms with Crippen molar-refractivity contribution in [3.63, 3.8) is 0 Å². The molecule has 0 saturated carbocycles. The number of rotatable bonds is 1. The summed E-state index contributed by atoms with van der Waals surface area (Å²) >= 11 is 0. The third kappa shape index (κ3) is 1.59. The van der Waals surface area contributed by atoms with Crippen molar-refractivity contribution in [2.24, 2.45) is 4.99 Å². The van der Waals surface area contributed by atoms with Gasteiger partial charge in [0.2, 0.25) is 0 Å². The van der Waals surface area contributed by atoms with Crippen LogP contribution in [0.25, 0.3) is 10.8 Å². The van der Waals surface area contributed by atoms with E-state index in [-0.39, 0.29) is 0 Å². The molecule has 90 valence electrons. The molecule has 2 aromatic carbocycles. The van der Waals surface area contributed by atoms with Gasteiger partial charge in [0.1, 0.15) is 5.69 Å². The third-order valence-corrected chi connectivity index (χ3v) is 3.28. The molecule has 0 unspecified atom stereocenters. The molecule has 2 heterocycles. The number of hydrogen-bond acceptors (Lipinski definition) is 3. The minimum Gasteiger partial charge on any atom is -0.338 e. The lowest BCUT2D eigenvalue weighted by atomic mass is 10.1. The maximum atomic E-state index is 4.68. The predicted octanol–water partition coefficient (Wildman–Crippen LogP) is 3.74. The van der Waals surface area contributed by atoms with Gasteiger partial charge in [-0.05, 0) is 29.7 Å². The first-order valence-corrected chi connectivity index (χ1v) is 6.21. The Morgan fingerprint density at radius 3 is 2.58 bits per heavy atom. The van der Waals surface area contributed by atoms with Crippen LogP contribution in [0.5, 0.6) is 0 Å². The van der Waals surface area contributed by atoms with Gasteiger partial charge in [0.05, 0.1) is 5.69 Å². The second kappa shape index (κ2) is 3.92. The van der Waals surface area contributed by atoms with Crippen molar-refractivity contribution in [1.29, 1.82) is 0 Å². The van der Waals surface area contributed by atoms with Crippen LogP contribution in [0, 0.1) is 0 Å². The maximum absolute atomic E-state index is 4.68. The van der Waals surface area contributed by atoms with Crippen LogP contribution < -0.4 is 5.32 Å². The van der Waals surface area contributed by atoms with E-state index < -0.39 is 0 Å². The molecule has 3 heteroatoms. The van der Waals surface area contributed by atoms with Crippen molar-refractivity contribution in [1.82, 2.24) is 4.98 Å². The molecule has 1 aliphatic heterocycles. The Bertz CT molecular complexity index is 786. The molecule has 3 aromatic rings. The number of benzene rings is 2. The lowest BCUT2D eigenvalue weighted by Crippen LogP contribution is -2.17. The summed E-state index contributed by atoms with van der Waals surface area (Å²) < 4.78 is 0. The van der Waals surface area contributed by atoms with E-state index in [1.807, 2.05) is 30.3 Å². The zero-order valence-electron chi connectivity index (χ0n) is 10.2. The van der Waals surface area contributed by atoms with Gasteiger partial charge in [-0.3, -0.25) is 4.98 Å². The first-order chi connectivity index (χ1) is 9.42. The zero-order valence-corrected chi connectivity index (χ0v) is 10.2. The monoisotopic (exact) mass is 245 g/mol. The molecule has 0 aliphatic carbocycles. The van der Waals surface area contributed by atoms with Crippen LogP contribution in [0.2, 0.25) is 0 Å². The number of aliphatic imine (C=N–C) groups is 1. The van der Waals surface area contributed by atoms with Crippen LogP contribution in [0.4, 0.5) is 11.4 Å². The summed E-state index contributed by atoms with van der Waals surface area (Å²) in [4.78, 5) is 9.02. The molecule has 0 radical (unpaired) electrons. The highest BCUT2D eigenvalue weighted by molar-refractivity contribution is 6.18. The van der Waals surface area contributed by atoms with Crippen molar-refractivity contribution in [3.05, 3.63) is 66.5 Å². The standard InChI is InChI=1S/C16H11N3/c1-2-10-17-14(7-1)16-18-12-8-3-5-11-6-4-9-13(19-16)15(11)12/h1-10H,(H,18,19). The first kappa shape index (κ1) is 10.3. The molecular formula is C16H11N3. The van der Waals surface area contributed by atoms with Crippen molar-refractivity contribution >= 4 is 28.0 Å². The molecule has 0 bridgehead atoms. The quantitative estimate of drug-likeness (QED) is 0.709. The van der Waals surface area contributed by atoms with Gasteiger partial charge < -0.3 is 5.32 Å². The molecule has 0 fully saturated rings. The molecular weight excluding hydrogens is 234 g/mol. The summed E-state index contributed by atoms with van der Waals surface area (Å²) in [6.45, 7) is 0. The second-order valence-electron chi connectivity index (χ2n) is 4.48. The highest BCUT2D eigenvalue weighted by Crippen LogP contribution is 2.35. The highest BCUT2D eigenvalue weighted by atomic mass is 15.0. The van der Waals surface area contributed by atoms with Crippen LogP contribution >= 0.6 is 0 Å². The molecule has 1 N–H and O–H groups in total. The smallest absolute Gasteiger partial charge is 0.157 e. The van der Waals surface area contributed by atoms with Gasteiger partial charge in [-0.15, -0.1) is 0 Å². The average Bonchev–Trinajstić information content (AvgIpc) is 2.49. The lowest BCUT2D eigenvalue weighted by molar-refractivity contribution is 1.27. The Hall–Kier alpha value is -2.68. The Kier molecular flexibility index (Phi) is 2.12.